The van der Waals surface area contributed by atoms with Crippen LogP contribution in [0.3, 0.4) is 0 Å². The van der Waals surface area contributed by atoms with Crippen LogP contribution in [0.25, 0.3) is 21.1 Å². The SMILES string of the molecule is COc1ccccc1CN(CC(Cc1c[nH]c2ccccc12)NC(=O)COc1ccc2ncsc2c1)C(C)=O. The molecule has 8 nitrogen and oxygen atoms in total. The zero-order valence-electron chi connectivity index (χ0n) is 21.8. The number of thiazole rings is 1. The number of benzene rings is 3. The van der Waals surface area contributed by atoms with Crippen molar-refractivity contribution in [3.05, 3.63) is 89.6 Å². The molecular weight excluding hydrogens is 512 g/mol. The second-order valence-electron chi connectivity index (χ2n) is 9.31. The van der Waals surface area contributed by atoms with Crippen molar-refractivity contribution in [3.63, 3.8) is 0 Å². The number of aromatic amines is 1. The highest BCUT2D eigenvalue weighted by Crippen LogP contribution is 2.24. The van der Waals surface area contributed by atoms with E-state index in [1.165, 1.54) is 11.3 Å². The van der Waals surface area contributed by atoms with Gasteiger partial charge in [0, 0.05) is 42.7 Å². The lowest BCUT2D eigenvalue weighted by molar-refractivity contribution is -0.131. The average molecular weight is 543 g/mol. The first-order chi connectivity index (χ1) is 19.0. The molecule has 0 radical (unpaired) electrons. The summed E-state index contributed by atoms with van der Waals surface area (Å²) < 4.78 is 12.3. The molecule has 0 saturated heterocycles. The van der Waals surface area contributed by atoms with E-state index < -0.39 is 0 Å². The Bertz CT molecular complexity index is 1590. The standard InChI is InChI=1S/C30H30N4O4S/c1-20(35)34(16-21-7-3-6-10-28(21)37-2)17-23(13-22-15-31-26-9-5-4-8-25(22)26)33-30(36)18-38-24-11-12-27-29(14-24)39-19-32-27/h3-12,14-15,19,23,31H,13,16-18H2,1-2H3,(H,33,36). The first-order valence-corrected chi connectivity index (χ1v) is 13.6. The number of nitrogens with one attached hydrogen (secondary N) is 2. The molecule has 1 atom stereocenters. The van der Waals surface area contributed by atoms with Crippen LogP contribution in [0.5, 0.6) is 11.5 Å². The molecule has 1 unspecified atom stereocenters. The summed E-state index contributed by atoms with van der Waals surface area (Å²) in [5.41, 5.74) is 5.66. The van der Waals surface area contributed by atoms with Crippen LogP contribution in [-0.4, -0.2) is 53.0 Å². The van der Waals surface area contributed by atoms with Gasteiger partial charge >= 0.3 is 0 Å². The van der Waals surface area contributed by atoms with Gasteiger partial charge in [-0.1, -0.05) is 36.4 Å². The van der Waals surface area contributed by atoms with Gasteiger partial charge in [-0.15, -0.1) is 11.3 Å². The predicted molar refractivity (Wildman–Crippen MR) is 153 cm³/mol. The van der Waals surface area contributed by atoms with Gasteiger partial charge in [0.1, 0.15) is 11.5 Å². The van der Waals surface area contributed by atoms with E-state index in [1.807, 2.05) is 66.9 Å². The molecule has 200 valence electrons. The molecule has 2 N–H and O–H groups in total. The minimum atomic E-state index is -0.345. The van der Waals surface area contributed by atoms with Crippen molar-refractivity contribution in [3.8, 4) is 11.5 Å². The second-order valence-corrected chi connectivity index (χ2v) is 10.2. The van der Waals surface area contributed by atoms with Gasteiger partial charge in [-0.25, -0.2) is 4.98 Å². The fourth-order valence-corrected chi connectivity index (χ4v) is 5.39. The zero-order valence-corrected chi connectivity index (χ0v) is 22.7. The summed E-state index contributed by atoms with van der Waals surface area (Å²) in [4.78, 5) is 35.1. The molecule has 2 amide bonds. The van der Waals surface area contributed by atoms with Crippen LogP contribution in [0.4, 0.5) is 0 Å². The number of amides is 2. The van der Waals surface area contributed by atoms with E-state index in [-0.39, 0.29) is 24.5 Å². The molecule has 39 heavy (non-hydrogen) atoms. The third-order valence-corrected chi connectivity index (χ3v) is 7.41. The highest BCUT2D eigenvalue weighted by molar-refractivity contribution is 7.16. The van der Waals surface area contributed by atoms with Gasteiger partial charge < -0.3 is 24.7 Å². The van der Waals surface area contributed by atoms with Gasteiger partial charge in [0.05, 0.1) is 28.9 Å². The fourth-order valence-electron chi connectivity index (χ4n) is 4.68. The van der Waals surface area contributed by atoms with Crippen LogP contribution < -0.4 is 14.8 Å². The third kappa shape index (κ3) is 6.38. The Labute approximate surface area is 230 Å². The van der Waals surface area contributed by atoms with Crippen LogP contribution in [0.2, 0.25) is 0 Å². The molecule has 5 aromatic rings. The molecule has 0 saturated carbocycles. The van der Waals surface area contributed by atoms with E-state index in [4.69, 9.17) is 9.47 Å². The van der Waals surface area contributed by atoms with Crippen molar-refractivity contribution in [1.82, 2.24) is 20.2 Å². The Balaban J connectivity index is 1.33. The predicted octanol–water partition coefficient (Wildman–Crippen LogP) is 4.94. The Hall–Kier alpha value is -4.37. The van der Waals surface area contributed by atoms with Crippen molar-refractivity contribution in [2.24, 2.45) is 0 Å². The topological polar surface area (TPSA) is 96.6 Å². The van der Waals surface area contributed by atoms with Crippen LogP contribution >= 0.6 is 11.3 Å². The van der Waals surface area contributed by atoms with E-state index >= 15 is 0 Å². The number of rotatable bonds is 11. The first kappa shape index (κ1) is 26.2. The number of para-hydroxylation sites is 2. The number of hydrogen-bond donors (Lipinski definition) is 2. The van der Waals surface area contributed by atoms with Gasteiger partial charge in [-0.05, 0) is 42.3 Å². The number of nitrogens with zero attached hydrogens (tertiary/aromatic N) is 2. The van der Waals surface area contributed by atoms with E-state index in [2.05, 4.69) is 21.4 Å². The molecule has 2 heterocycles. The van der Waals surface area contributed by atoms with E-state index in [9.17, 15) is 9.59 Å². The third-order valence-electron chi connectivity index (χ3n) is 6.62. The summed E-state index contributed by atoms with van der Waals surface area (Å²) in [6.07, 6.45) is 2.50. The van der Waals surface area contributed by atoms with E-state index in [0.717, 1.165) is 32.2 Å². The summed E-state index contributed by atoms with van der Waals surface area (Å²) in [5, 5.41) is 4.20. The lowest BCUT2D eigenvalue weighted by Gasteiger charge is -2.28. The largest absolute Gasteiger partial charge is 0.496 e. The van der Waals surface area contributed by atoms with Gasteiger partial charge in [-0.3, -0.25) is 9.59 Å². The maximum Gasteiger partial charge on any atom is 0.258 e. The summed E-state index contributed by atoms with van der Waals surface area (Å²) in [6, 6.07) is 20.9. The molecule has 0 aliphatic carbocycles. The minimum absolute atomic E-state index is 0.0896. The number of H-pyrrole nitrogens is 1. The normalized spacial score (nSPS) is 11.8. The number of aromatic nitrogens is 2. The lowest BCUT2D eigenvalue weighted by atomic mass is 10.0. The highest BCUT2D eigenvalue weighted by Gasteiger charge is 2.22. The number of fused-ring (bicyclic) bond motifs is 2. The minimum Gasteiger partial charge on any atom is -0.496 e. The number of methoxy groups -OCH3 is 1. The van der Waals surface area contributed by atoms with E-state index in [0.29, 0.717) is 31.0 Å². The zero-order chi connectivity index (χ0) is 27.2. The highest BCUT2D eigenvalue weighted by atomic mass is 32.1. The smallest absolute Gasteiger partial charge is 0.258 e. The van der Waals surface area contributed by atoms with Crippen LogP contribution in [-0.2, 0) is 22.6 Å². The van der Waals surface area contributed by atoms with Gasteiger partial charge in [-0.2, -0.15) is 0 Å². The molecule has 2 aromatic heterocycles. The number of carbonyl (C=O) groups excluding carboxylic acids is 2. The summed E-state index contributed by atoms with van der Waals surface area (Å²) >= 11 is 1.52. The molecule has 5 rings (SSSR count). The van der Waals surface area contributed by atoms with Gasteiger partial charge in [0.15, 0.2) is 6.61 Å². The van der Waals surface area contributed by atoms with Crippen molar-refractivity contribution in [2.75, 3.05) is 20.3 Å². The lowest BCUT2D eigenvalue weighted by Crippen LogP contribution is -2.47. The number of ether oxygens (including phenoxy) is 2. The average Bonchev–Trinajstić information content (AvgIpc) is 3.58. The molecule has 0 aliphatic rings. The van der Waals surface area contributed by atoms with E-state index in [1.54, 1.807) is 24.4 Å². The Morgan fingerprint density at radius 2 is 1.90 bits per heavy atom. The van der Waals surface area contributed by atoms with Crippen molar-refractivity contribution >= 4 is 44.3 Å². The summed E-state index contributed by atoms with van der Waals surface area (Å²) in [6.45, 7) is 2.09. The van der Waals surface area contributed by atoms with Crippen LogP contribution in [0.1, 0.15) is 18.1 Å². The van der Waals surface area contributed by atoms with Crippen molar-refractivity contribution < 1.29 is 19.1 Å². The number of carbonyl (C=O) groups is 2. The summed E-state index contributed by atoms with van der Waals surface area (Å²) in [7, 11) is 1.61. The molecular formula is C30H30N4O4S. The maximum absolute atomic E-state index is 13.1. The van der Waals surface area contributed by atoms with Crippen molar-refractivity contribution in [2.45, 2.75) is 25.9 Å². The second kappa shape index (κ2) is 12.0. The number of hydrogen-bond acceptors (Lipinski definition) is 6. The maximum atomic E-state index is 13.1. The molecule has 0 fully saturated rings. The quantitative estimate of drug-likeness (QED) is 0.246. The van der Waals surface area contributed by atoms with Gasteiger partial charge in [0.2, 0.25) is 5.91 Å². The monoisotopic (exact) mass is 542 g/mol. The summed E-state index contributed by atoms with van der Waals surface area (Å²) in [5.74, 6) is 0.974. The molecule has 3 aromatic carbocycles. The Morgan fingerprint density at radius 1 is 1.08 bits per heavy atom. The fraction of sp³-hybridized carbons (Fsp3) is 0.233. The molecule has 0 aliphatic heterocycles. The van der Waals surface area contributed by atoms with Crippen molar-refractivity contribution in [1.29, 1.82) is 0 Å². The molecule has 0 spiro atoms. The Morgan fingerprint density at radius 3 is 2.74 bits per heavy atom. The molecule has 0 bridgehead atoms. The molecule has 9 heteroatoms. The first-order valence-electron chi connectivity index (χ1n) is 12.7. The van der Waals surface area contributed by atoms with Crippen LogP contribution in [0.15, 0.2) is 78.4 Å². The van der Waals surface area contributed by atoms with Crippen LogP contribution in [0, 0.1) is 0 Å². The Kier molecular flexibility index (Phi) is 8.07. The van der Waals surface area contributed by atoms with Gasteiger partial charge in [0.25, 0.3) is 5.91 Å².